The number of benzene rings is 2. The van der Waals surface area contributed by atoms with Crippen LogP contribution in [0.3, 0.4) is 0 Å². The molecule has 5 heteroatoms. The zero-order valence-electron chi connectivity index (χ0n) is 16.6. The molecule has 2 atom stereocenters. The summed E-state index contributed by atoms with van der Waals surface area (Å²) < 4.78 is 12.4. The largest absolute Gasteiger partial charge is 1.00 e. The minimum Gasteiger partial charge on any atom is -1.00 e. The van der Waals surface area contributed by atoms with E-state index < -0.39 is 6.10 Å². The zero-order valence-corrected chi connectivity index (χ0v) is 18.8. The second kappa shape index (κ2) is 11.3. The number of halogens is 1. The van der Waals surface area contributed by atoms with Crippen LogP contribution in [0.25, 0.3) is 0 Å². The number of para-hydroxylation sites is 1. The van der Waals surface area contributed by atoms with Gasteiger partial charge in [-0.05, 0) is 38.5 Å². The predicted octanol–water partition coefficient (Wildman–Crippen LogP) is 1.23. The third-order valence-corrected chi connectivity index (χ3v) is 4.95. The van der Waals surface area contributed by atoms with Crippen LogP contribution in [0.15, 0.2) is 60.7 Å². The van der Waals surface area contributed by atoms with Crippen molar-refractivity contribution in [3.8, 4) is 5.75 Å². The number of carbonyl (C=O) groups excluding carboxylic acids is 1. The predicted molar refractivity (Wildman–Crippen MR) is 104 cm³/mol. The molecule has 0 saturated carbocycles. The molecule has 0 aliphatic carbocycles. The van der Waals surface area contributed by atoms with E-state index in [1.54, 1.807) is 6.92 Å². The number of hydrogen-bond donors (Lipinski definition) is 0. The Morgan fingerprint density at radius 3 is 2.00 bits per heavy atom. The monoisotopic (exact) mass is 483 g/mol. The van der Waals surface area contributed by atoms with Gasteiger partial charge in [0.05, 0.1) is 20.1 Å². The van der Waals surface area contributed by atoms with E-state index in [9.17, 15) is 4.79 Å². The summed E-state index contributed by atoms with van der Waals surface area (Å²) in [5, 5.41) is 0. The Balaban J connectivity index is 0.00000364. The summed E-state index contributed by atoms with van der Waals surface area (Å²) in [6.07, 6.45) is -0.957. The van der Waals surface area contributed by atoms with Crippen LogP contribution in [-0.2, 0) is 9.53 Å². The molecule has 2 rings (SSSR count). The summed E-state index contributed by atoms with van der Waals surface area (Å²) in [4.78, 5) is 12.6. The first kappa shape index (κ1) is 23.4. The highest BCUT2D eigenvalue weighted by Crippen LogP contribution is 2.23. The van der Waals surface area contributed by atoms with E-state index in [2.05, 4.69) is 20.9 Å². The molecule has 27 heavy (non-hydrogen) atoms. The number of ether oxygens (including phenoxy) is 2. The van der Waals surface area contributed by atoms with Gasteiger partial charge in [-0.15, -0.1) is 0 Å². The Bertz CT molecular complexity index is 674. The molecule has 0 N–H and O–H groups in total. The van der Waals surface area contributed by atoms with E-state index in [1.165, 1.54) is 0 Å². The Morgan fingerprint density at radius 2 is 1.48 bits per heavy atom. The number of esters is 1. The van der Waals surface area contributed by atoms with Crippen molar-refractivity contribution in [1.29, 1.82) is 0 Å². The highest BCUT2D eigenvalue weighted by Gasteiger charge is 2.29. The average molecular weight is 483 g/mol. The third-order valence-electron chi connectivity index (χ3n) is 4.95. The Hall–Kier alpha value is -1.60. The number of likely N-dealkylation sites (N-methyl/N-ethyl adjacent to an activating group) is 1. The number of quaternary nitrogens is 1. The summed E-state index contributed by atoms with van der Waals surface area (Å²) in [6.45, 7) is 8.75. The summed E-state index contributed by atoms with van der Waals surface area (Å²) >= 11 is 0. The first-order valence-electron chi connectivity index (χ1n) is 9.28. The molecule has 148 valence electrons. The highest BCUT2D eigenvalue weighted by molar-refractivity contribution is 5.75. The molecule has 0 aliphatic heterocycles. The lowest BCUT2D eigenvalue weighted by Gasteiger charge is -2.35. The SMILES string of the molecule is CC[N+](C)(CC)CC(OC(=O)C(C)Oc1ccccc1)c1ccccc1.[I-]. The second-order valence-electron chi connectivity index (χ2n) is 6.84. The minimum absolute atomic E-state index is 0. The van der Waals surface area contributed by atoms with E-state index in [0.717, 1.165) is 29.7 Å². The molecular formula is C22H30INO3. The van der Waals surface area contributed by atoms with Crippen molar-refractivity contribution in [2.75, 3.05) is 26.7 Å². The highest BCUT2D eigenvalue weighted by atomic mass is 127. The maximum Gasteiger partial charge on any atom is 0.347 e. The lowest BCUT2D eigenvalue weighted by molar-refractivity contribution is -0.909. The fourth-order valence-electron chi connectivity index (χ4n) is 2.75. The van der Waals surface area contributed by atoms with Crippen molar-refractivity contribution < 1.29 is 42.7 Å². The van der Waals surface area contributed by atoms with Gasteiger partial charge in [0.2, 0.25) is 0 Å². The molecule has 0 aliphatic rings. The number of rotatable bonds is 9. The zero-order chi connectivity index (χ0) is 19.0. The summed E-state index contributed by atoms with van der Waals surface area (Å²) in [7, 11) is 2.19. The van der Waals surface area contributed by atoms with Crippen LogP contribution >= 0.6 is 0 Å². The van der Waals surface area contributed by atoms with Gasteiger partial charge in [0.15, 0.2) is 12.2 Å². The molecule has 0 radical (unpaired) electrons. The summed E-state index contributed by atoms with van der Waals surface area (Å²) in [6, 6.07) is 19.3. The quantitative estimate of drug-likeness (QED) is 0.306. The fraction of sp³-hybridized carbons (Fsp3) is 0.409. The van der Waals surface area contributed by atoms with Crippen LogP contribution in [0.4, 0.5) is 0 Å². The van der Waals surface area contributed by atoms with Crippen molar-refractivity contribution in [3.63, 3.8) is 0 Å². The fourth-order valence-corrected chi connectivity index (χ4v) is 2.75. The van der Waals surface area contributed by atoms with E-state index in [1.807, 2.05) is 60.7 Å². The van der Waals surface area contributed by atoms with Crippen molar-refractivity contribution in [2.45, 2.75) is 33.0 Å². The van der Waals surface area contributed by atoms with Gasteiger partial charge in [-0.25, -0.2) is 4.79 Å². The minimum atomic E-state index is -0.661. The normalized spacial score (nSPS) is 13.2. The lowest BCUT2D eigenvalue weighted by Crippen LogP contribution is -3.00. The van der Waals surface area contributed by atoms with Gasteiger partial charge in [-0.3, -0.25) is 0 Å². The van der Waals surface area contributed by atoms with Gasteiger partial charge in [0.25, 0.3) is 0 Å². The molecule has 2 aromatic carbocycles. The van der Waals surface area contributed by atoms with E-state index in [4.69, 9.17) is 9.47 Å². The molecule has 2 aromatic rings. The molecule has 0 saturated heterocycles. The topological polar surface area (TPSA) is 35.5 Å². The van der Waals surface area contributed by atoms with E-state index in [0.29, 0.717) is 5.75 Å². The Morgan fingerprint density at radius 1 is 0.963 bits per heavy atom. The van der Waals surface area contributed by atoms with Crippen molar-refractivity contribution in [1.82, 2.24) is 0 Å². The Kier molecular flexibility index (Phi) is 9.80. The van der Waals surface area contributed by atoms with Crippen LogP contribution in [0.2, 0.25) is 0 Å². The van der Waals surface area contributed by atoms with Crippen LogP contribution < -0.4 is 28.7 Å². The van der Waals surface area contributed by atoms with E-state index in [-0.39, 0.29) is 36.0 Å². The van der Waals surface area contributed by atoms with Crippen LogP contribution in [0, 0.1) is 0 Å². The summed E-state index contributed by atoms with van der Waals surface area (Å²) in [5.74, 6) is 0.317. The average Bonchev–Trinajstić information content (AvgIpc) is 2.68. The van der Waals surface area contributed by atoms with Crippen molar-refractivity contribution in [2.24, 2.45) is 0 Å². The maximum absolute atomic E-state index is 12.6. The molecule has 0 spiro atoms. The first-order chi connectivity index (χ1) is 12.5. The van der Waals surface area contributed by atoms with E-state index >= 15 is 0 Å². The Labute approximate surface area is 180 Å². The van der Waals surface area contributed by atoms with Crippen molar-refractivity contribution >= 4 is 5.97 Å². The van der Waals surface area contributed by atoms with Crippen LogP contribution in [0.1, 0.15) is 32.4 Å². The summed E-state index contributed by atoms with van der Waals surface area (Å²) in [5.41, 5.74) is 1.01. The molecule has 2 unspecified atom stereocenters. The molecule has 0 amide bonds. The smallest absolute Gasteiger partial charge is 0.347 e. The number of nitrogens with zero attached hydrogens (tertiary/aromatic N) is 1. The van der Waals surface area contributed by atoms with Gasteiger partial charge >= 0.3 is 5.97 Å². The number of hydrogen-bond acceptors (Lipinski definition) is 3. The maximum atomic E-state index is 12.6. The molecule has 0 heterocycles. The van der Waals surface area contributed by atoms with Gasteiger partial charge in [-0.2, -0.15) is 0 Å². The standard InChI is InChI=1S/C22H30NO3.HI/c1-5-23(4,6-2)17-21(19-13-9-7-10-14-19)26-22(24)18(3)25-20-15-11-8-12-16-20;/h7-16,18,21H,5-6,17H2,1-4H3;1H/q+1;/p-1. The molecule has 4 nitrogen and oxygen atoms in total. The van der Waals surface area contributed by atoms with Crippen LogP contribution in [0.5, 0.6) is 5.75 Å². The third kappa shape index (κ3) is 7.14. The molecule has 0 fully saturated rings. The number of carbonyl (C=O) groups is 1. The van der Waals surface area contributed by atoms with Crippen molar-refractivity contribution in [3.05, 3.63) is 66.2 Å². The van der Waals surface area contributed by atoms with Crippen LogP contribution in [-0.4, -0.2) is 43.2 Å². The van der Waals surface area contributed by atoms with Gasteiger partial charge in [-0.1, -0.05) is 48.5 Å². The molecule has 0 bridgehead atoms. The molecule has 0 aromatic heterocycles. The van der Waals surface area contributed by atoms with Gasteiger partial charge in [0.1, 0.15) is 12.3 Å². The second-order valence-corrected chi connectivity index (χ2v) is 6.84. The first-order valence-corrected chi connectivity index (χ1v) is 9.28. The van der Waals surface area contributed by atoms with Gasteiger partial charge < -0.3 is 37.9 Å². The molecular weight excluding hydrogens is 453 g/mol. The lowest BCUT2D eigenvalue weighted by atomic mass is 10.1. The van der Waals surface area contributed by atoms with Gasteiger partial charge in [0, 0.05) is 0 Å².